The number of aryl methyl sites for hydroxylation is 2. The van der Waals surface area contributed by atoms with E-state index in [4.69, 9.17) is 0 Å². The first-order valence-corrected chi connectivity index (χ1v) is 11.8. The molecule has 1 aromatic heterocycles. The summed E-state index contributed by atoms with van der Waals surface area (Å²) in [5.74, 6) is 1.31. The molecule has 1 fully saturated rings. The monoisotopic (exact) mass is 441 g/mol. The zero-order chi connectivity index (χ0) is 22.2. The van der Waals surface area contributed by atoms with Gasteiger partial charge in [-0.1, -0.05) is 36.9 Å². The normalized spacial score (nSPS) is 14.4. The fourth-order valence-electron chi connectivity index (χ4n) is 3.67. The van der Waals surface area contributed by atoms with Crippen molar-refractivity contribution in [2.75, 3.05) is 35.6 Å². The van der Waals surface area contributed by atoms with Gasteiger partial charge in [0.1, 0.15) is 17.2 Å². The van der Waals surface area contributed by atoms with Crippen molar-refractivity contribution in [1.29, 1.82) is 0 Å². The fourth-order valence-corrected chi connectivity index (χ4v) is 4.33. The number of hydrogen-bond donors (Lipinski definition) is 2. The topological polar surface area (TPSA) is 87.2 Å². The van der Waals surface area contributed by atoms with Crippen LogP contribution in [-0.2, 0) is 9.59 Å². The molecule has 166 valence electrons. The Morgan fingerprint density at radius 3 is 2.55 bits per heavy atom. The van der Waals surface area contributed by atoms with Crippen LogP contribution in [0.25, 0.3) is 0 Å². The molecule has 1 aliphatic rings. The highest BCUT2D eigenvalue weighted by atomic mass is 32.2. The number of carbonyl (C=O) groups is 2. The van der Waals surface area contributed by atoms with E-state index in [0.29, 0.717) is 0 Å². The number of nitrogens with one attached hydrogen (secondary N) is 2. The van der Waals surface area contributed by atoms with E-state index >= 15 is 0 Å². The third-order valence-corrected chi connectivity index (χ3v) is 6.39. The Balaban J connectivity index is 1.51. The van der Waals surface area contributed by atoms with Gasteiger partial charge in [0.25, 0.3) is 0 Å². The van der Waals surface area contributed by atoms with E-state index in [1.165, 1.54) is 11.8 Å². The van der Waals surface area contributed by atoms with Crippen molar-refractivity contribution in [3.8, 4) is 0 Å². The van der Waals surface area contributed by atoms with Crippen LogP contribution in [0.4, 0.5) is 11.5 Å². The van der Waals surface area contributed by atoms with Crippen molar-refractivity contribution in [2.24, 2.45) is 5.92 Å². The minimum atomic E-state index is -0.0542. The second kappa shape index (κ2) is 11.1. The Morgan fingerprint density at radius 2 is 1.87 bits per heavy atom. The lowest BCUT2D eigenvalue weighted by Crippen LogP contribution is -2.41. The van der Waals surface area contributed by atoms with Crippen LogP contribution < -0.4 is 15.5 Å². The van der Waals surface area contributed by atoms with Gasteiger partial charge in [-0.25, -0.2) is 9.97 Å². The standard InChI is InChI=1S/C23H31N5O2S/c1-4-10-24-23(30)18-8-11-28(12-9-18)19-13-21(26-15-25-19)31-14-20(29)27-22-16(2)6-5-7-17(22)3/h5-7,13,15,18H,4,8-12,14H2,1-3H3,(H,24,30)(H,27,29). The van der Waals surface area contributed by atoms with Gasteiger partial charge < -0.3 is 15.5 Å². The van der Waals surface area contributed by atoms with Crippen molar-refractivity contribution < 1.29 is 9.59 Å². The minimum Gasteiger partial charge on any atom is -0.356 e. The van der Waals surface area contributed by atoms with Gasteiger partial charge in [0.05, 0.1) is 5.75 Å². The molecule has 0 atom stereocenters. The lowest BCUT2D eigenvalue weighted by Gasteiger charge is -2.32. The quantitative estimate of drug-likeness (QED) is 0.481. The van der Waals surface area contributed by atoms with E-state index < -0.39 is 0 Å². The van der Waals surface area contributed by atoms with Gasteiger partial charge in [-0.15, -0.1) is 0 Å². The molecule has 8 heteroatoms. The molecule has 1 aromatic carbocycles. The van der Waals surface area contributed by atoms with E-state index in [0.717, 1.165) is 66.6 Å². The third-order valence-electron chi connectivity index (χ3n) is 5.46. The minimum absolute atomic E-state index is 0.0542. The van der Waals surface area contributed by atoms with E-state index in [2.05, 4.69) is 32.4 Å². The molecule has 2 amide bonds. The summed E-state index contributed by atoms with van der Waals surface area (Å²) in [4.78, 5) is 35.5. The Morgan fingerprint density at radius 1 is 1.16 bits per heavy atom. The van der Waals surface area contributed by atoms with E-state index in [9.17, 15) is 9.59 Å². The maximum Gasteiger partial charge on any atom is 0.234 e. The van der Waals surface area contributed by atoms with Crippen molar-refractivity contribution in [3.63, 3.8) is 0 Å². The summed E-state index contributed by atoms with van der Waals surface area (Å²) >= 11 is 1.40. The van der Waals surface area contributed by atoms with E-state index in [1.807, 2.05) is 38.1 Å². The number of aromatic nitrogens is 2. The van der Waals surface area contributed by atoms with Crippen LogP contribution in [-0.4, -0.2) is 47.2 Å². The zero-order valence-electron chi connectivity index (χ0n) is 18.5. The Labute approximate surface area is 188 Å². The van der Waals surface area contributed by atoms with Gasteiger partial charge in [0.15, 0.2) is 0 Å². The number of benzene rings is 1. The van der Waals surface area contributed by atoms with Crippen LogP contribution in [0.3, 0.4) is 0 Å². The Kier molecular flexibility index (Phi) is 8.28. The number of hydrogen-bond acceptors (Lipinski definition) is 6. The molecular weight excluding hydrogens is 410 g/mol. The summed E-state index contributed by atoms with van der Waals surface area (Å²) in [5, 5.41) is 6.77. The predicted octanol–water partition coefficient (Wildman–Crippen LogP) is 3.57. The zero-order valence-corrected chi connectivity index (χ0v) is 19.3. The molecule has 0 saturated carbocycles. The third kappa shape index (κ3) is 6.43. The Hall–Kier alpha value is -2.61. The van der Waals surface area contributed by atoms with Crippen molar-refractivity contribution in [1.82, 2.24) is 15.3 Å². The molecule has 0 spiro atoms. The second-order valence-electron chi connectivity index (χ2n) is 7.87. The van der Waals surface area contributed by atoms with Crippen molar-refractivity contribution in [2.45, 2.75) is 45.1 Å². The van der Waals surface area contributed by atoms with Crippen molar-refractivity contribution in [3.05, 3.63) is 41.7 Å². The molecule has 31 heavy (non-hydrogen) atoms. The summed E-state index contributed by atoms with van der Waals surface area (Å²) in [6, 6.07) is 7.89. The molecule has 7 nitrogen and oxygen atoms in total. The average Bonchev–Trinajstić information content (AvgIpc) is 2.79. The van der Waals surface area contributed by atoms with Crippen LogP contribution in [0.2, 0.25) is 0 Å². The number of rotatable bonds is 8. The molecule has 2 heterocycles. The first-order chi connectivity index (χ1) is 15.0. The number of anilines is 2. The van der Waals surface area contributed by atoms with Gasteiger partial charge in [-0.3, -0.25) is 9.59 Å². The number of carbonyl (C=O) groups excluding carboxylic acids is 2. The second-order valence-corrected chi connectivity index (χ2v) is 8.87. The summed E-state index contributed by atoms with van der Waals surface area (Å²) in [6.45, 7) is 8.35. The van der Waals surface area contributed by atoms with Crippen LogP contribution in [0.5, 0.6) is 0 Å². The Bertz CT molecular complexity index is 892. The number of para-hydroxylation sites is 1. The largest absolute Gasteiger partial charge is 0.356 e. The van der Waals surface area contributed by atoms with Crippen LogP contribution in [0.15, 0.2) is 35.6 Å². The average molecular weight is 442 g/mol. The maximum atomic E-state index is 12.4. The van der Waals surface area contributed by atoms with Crippen LogP contribution in [0.1, 0.15) is 37.3 Å². The SMILES string of the molecule is CCCNC(=O)C1CCN(c2cc(SCC(=O)Nc3c(C)cccc3C)ncn2)CC1. The molecule has 0 radical (unpaired) electrons. The molecule has 2 N–H and O–H groups in total. The fraction of sp³-hybridized carbons (Fsp3) is 0.478. The number of piperidine rings is 1. The van der Waals surface area contributed by atoms with Gasteiger partial charge in [-0.2, -0.15) is 0 Å². The number of nitrogens with zero attached hydrogens (tertiary/aromatic N) is 3. The summed E-state index contributed by atoms with van der Waals surface area (Å²) in [6.07, 6.45) is 4.13. The van der Waals surface area contributed by atoms with Crippen LogP contribution >= 0.6 is 11.8 Å². The molecule has 1 saturated heterocycles. The van der Waals surface area contributed by atoms with Crippen molar-refractivity contribution >= 4 is 35.1 Å². The first-order valence-electron chi connectivity index (χ1n) is 10.8. The smallest absolute Gasteiger partial charge is 0.234 e. The summed E-state index contributed by atoms with van der Waals surface area (Å²) < 4.78 is 0. The molecule has 0 unspecified atom stereocenters. The van der Waals surface area contributed by atoms with E-state index in [-0.39, 0.29) is 23.5 Å². The molecule has 1 aliphatic heterocycles. The van der Waals surface area contributed by atoms with Gasteiger partial charge in [0, 0.05) is 37.3 Å². The maximum absolute atomic E-state index is 12.4. The molecule has 3 rings (SSSR count). The predicted molar refractivity (Wildman–Crippen MR) is 126 cm³/mol. The highest BCUT2D eigenvalue weighted by Gasteiger charge is 2.25. The first kappa shape index (κ1) is 23.1. The molecule has 0 aliphatic carbocycles. The number of amides is 2. The lowest BCUT2D eigenvalue weighted by atomic mass is 9.96. The van der Waals surface area contributed by atoms with E-state index in [1.54, 1.807) is 6.33 Å². The van der Waals surface area contributed by atoms with Gasteiger partial charge in [-0.05, 0) is 44.2 Å². The summed E-state index contributed by atoms with van der Waals surface area (Å²) in [5.41, 5.74) is 2.98. The molecular formula is C23H31N5O2S. The highest BCUT2D eigenvalue weighted by Crippen LogP contribution is 2.25. The van der Waals surface area contributed by atoms with Gasteiger partial charge >= 0.3 is 0 Å². The van der Waals surface area contributed by atoms with Gasteiger partial charge in [0.2, 0.25) is 11.8 Å². The summed E-state index contributed by atoms with van der Waals surface area (Å²) in [7, 11) is 0. The molecule has 0 bridgehead atoms. The molecule has 2 aromatic rings. The lowest BCUT2D eigenvalue weighted by molar-refractivity contribution is -0.125. The number of thioether (sulfide) groups is 1. The van der Waals surface area contributed by atoms with Crippen LogP contribution in [0, 0.1) is 19.8 Å². The highest BCUT2D eigenvalue weighted by molar-refractivity contribution is 7.99.